The first-order chi connectivity index (χ1) is 14.2. The van der Waals surface area contributed by atoms with Gasteiger partial charge in [-0.3, -0.25) is 14.4 Å². The van der Waals surface area contributed by atoms with E-state index in [1.54, 1.807) is 17.0 Å². The summed E-state index contributed by atoms with van der Waals surface area (Å²) >= 11 is 0. The van der Waals surface area contributed by atoms with Gasteiger partial charge in [-0.05, 0) is 49.2 Å². The smallest absolute Gasteiger partial charge is 0.289 e. The number of nitrogens with zero attached hydrogens (tertiary/aromatic N) is 3. The summed E-state index contributed by atoms with van der Waals surface area (Å²) in [6, 6.07) is 10.9. The number of hydrogen-bond acceptors (Lipinski definition) is 5. The second-order valence-corrected chi connectivity index (χ2v) is 7.57. The van der Waals surface area contributed by atoms with E-state index in [9.17, 15) is 14.4 Å². The van der Waals surface area contributed by atoms with Gasteiger partial charge in [0.25, 0.3) is 5.91 Å². The SMILES string of the molecule is O=Cc1ccc(N2CCC(C(=O)N3CCN(C(=O)c4ccco4)CC3)CC2)cc1. The fourth-order valence-corrected chi connectivity index (χ4v) is 4.09. The van der Waals surface area contributed by atoms with Gasteiger partial charge in [0.05, 0.1) is 6.26 Å². The van der Waals surface area contributed by atoms with Gasteiger partial charge in [-0.2, -0.15) is 0 Å². The van der Waals surface area contributed by atoms with Crippen LogP contribution in [0, 0.1) is 5.92 Å². The molecule has 152 valence electrons. The molecule has 2 aromatic rings. The van der Waals surface area contributed by atoms with Crippen LogP contribution in [0.1, 0.15) is 33.8 Å². The third-order valence-corrected chi connectivity index (χ3v) is 5.85. The lowest BCUT2D eigenvalue weighted by Crippen LogP contribution is -2.53. The number of carbonyl (C=O) groups is 3. The van der Waals surface area contributed by atoms with Gasteiger partial charge < -0.3 is 19.1 Å². The Labute approximate surface area is 169 Å². The lowest BCUT2D eigenvalue weighted by Gasteiger charge is -2.39. The summed E-state index contributed by atoms with van der Waals surface area (Å²) in [7, 11) is 0. The topological polar surface area (TPSA) is 74.1 Å². The van der Waals surface area contributed by atoms with Crippen molar-refractivity contribution in [2.75, 3.05) is 44.2 Å². The molecule has 29 heavy (non-hydrogen) atoms. The minimum absolute atomic E-state index is 0.0350. The highest BCUT2D eigenvalue weighted by atomic mass is 16.3. The molecule has 2 aliphatic rings. The van der Waals surface area contributed by atoms with Crippen LogP contribution in [0.25, 0.3) is 0 Å². The Morgan fingerprint density at radius 1 is 0.897 bits per heavy atom. The molecule has 0 aliphatic carbocycles. The van der Waals surface area contributed by atoms with E-state index >= 15 is 0 Å². The van der Waals surface area contributed by atoms with Gasteiger partial charge in [-0.15, -0.1) is 0 Å². The lowest BCUT2D eigenvalue weighted by atomic mass is 9.94. The van der Waals surface area contributed by atoms with Crippen molar-refractivity contribution < 1.29 is 18.8 Å². The van der Waals surface area contributed by atoms with Crippen molar-refractivity contribution in [1.82, 2.24) is 9.80 Å². The van der Waals surface area contributed by atoms with Crippen LogP contribution in [0.2, 0.25) is 0 Å². The van der Waals surface area contributed by atoms with Crippen molar-refractivity contribution in [2.24, 2.45) is 5.92 Å². The predicted octanol–water partition coefficient (Wildman–Crippen LogP) is 2.29. The quantitative estimate of drug-likeness (QED) is 0.743. The van der Waals surface area contributed by atoms with Crippen LogP contribution >= 0.6 is 0 Å². The van der Waals surface area contributed by atoms with Crippen LogP contribution in [-0.2, 0) is 4.79 Å². The number of rotatable bonds is 4. The van der Waals surface area contributed by atoms with Crippen LogP contribution in [0.4, 0.5) is 5.69 Å². The third kappa shape index (κ3) is 4.18. The maximum Gasteiger partial charge on any atom is 0.289 e. The van der Waals surface area contributed by atoms with E-state index in [0.29, 0.717) is 37.5 Å². The number of piperazine rings is 1. The Morgan fingerprint density at radius 3 is 2.14 bits per heavy atom. The normalized spacial score (nSPS) is 18.0. The molecule has 2 amide bonds. The van der Waals surface area contributed by atoms with E-state index in [-0.39, 0.29) is 17.7 Å². The molecule has 7 nitrogen and oxygen atoms in total. The summed E-state index contributed by atoms with van der Waals surface area (Å²) in [5.74, 6) is 0.466. The van der Waals surface area contributed by atoms with Crippen LogP contribution in [0.5, 0.6) is 0 Å². The number of amides is 2. The van der Waals surface area contributed by atoms with Crippen LogP contribution in [0.15, 0.2) is 47.1 Å². The highest BCUT2D eigenvalue weighted by molar-refractivity contribution is 5.91. The molecule has 0 atom stereocenters. The molecular weight excluding hydrogens is 370 g/mol. The molecule has 0 spiro atoms. The Bertz CT molecular complexity index is 847. The number of furan rings is 1. The average molecular weight is 395 g/mol. The first kappa shape index (κ1) is 19.2. The fraction of sp³-hybridized carbons (Fsp3) is 0.409. The maximum absolute atomic E-state index is 12.9. The number of hydrogen-bond donors (Lipinski definition) is 0. The van der Waals surface area contributed by atoms with E-state index in [1.807, 2.05) is 29.2 Å². The number of aldehydes is 1. The second kappa shape index (κ2) is 8.51. The predicted molar refractivity (Wildman–Crippen MR) is 108 cm³/mol. The van der Waals surface area contributed by atoms with Crippen molar-refractivity contribution in [3.63, 3.8) is 0 Å². The molecular formula is C22H25N3O4. The number of benzene rings is 1. The molecule has 2 saturated heterocycles. The van der Waals surface area contributed by atoms with Crippen molar-refractivity contribution in [3.05, 3.63) is 54.0 Å². The minimum Gasteiger partial charge on any atom is -0.459 e. The molecule has 0 bridgehead atoms. The molecule has 1 aromatic carbocycles. The Kier molecular flexibility index (Phi) is 5.64. The maximum atomic E-state index is 12.9. The van der Waals surface area contributed by atoms with Gasteiger partial charge >= 0.3 is 0 Å². The highest BCUT2D eigenvalue weighted by Gasteiger charge is 2.32. The zero-order chi connectivity index (χ0) is 20.2. The van der Waals surface area contributed by atoms with E-state index in [2.05, 4.69) is 4.90 Å². The largest absolute Gasteiger partial charge is 0.459 e. The Hall–Kier alpha value is -3.09. The van der Waals surface area contributed by atoms with Crippen LogP contribution in [0.3, 0.4) is 0 Å². The standard InChI is InChI=1S/C22H25N3O4/c26-16-17-3-5-19(6-4-17)23-9-7-18(8-10-23)21(27)24-11-13-25(14-12-24)22(28)20-2-1-15-29-20/h1-6,15-16,18H,7-14H2. The third-order valence-electron chi connectivity index (χ3n) is 5.85. The molecule has 3 heterocycles. The average Bonchev–Trinajstić information content (AvgIpc) is 3.33. The van der Waals surface area contributed by atoms with Crippen molar-refractivity contribution in [3.8, 4) is 0 Å². The van der Waals surface area contributed by atoms with Gasteiger partial charge in [0, 0.05) is 56.4 Å². The lowest BCUT2D eigenvalue weighted by molar-refractivity contribution is -0.137. The molecule has 0 saturated carbocycles. The molecule has 2 fully saturated rings. The summed E-state index contributed by atoms with van der Waals surface area (Å²) in [5, 5.41) is 0. The Morgan fingerprint density at radius 2 is 1.55 bits per heavy atom. The van der Waals surface area contributed by atoms with Crippen LogP contribution in [-0.4, -0.2) is 67.2 Å². The first-order valence-electron chi connectivity index (χ1n) is 10.1. The molecule has 2 aliphatic heterocycles. The molecule has 0 N–H and O–H groups in total. The second-order valence-electron chi connectivity index (χ2n) is 7.57. The van der Waals surface area contributed by atoms with Gasteiger partial charge in [-0.25, -0.2) is 0 Å². The Balaban J connectivity index is 1.26. The molecule has 0 unspecified atom stereocenters. The summed E-state index contributed by atoms with van der Waals surface area (Å²) in [6.45, 7) is 3.86. The van der Waals surface area contributed by atoms with Crippen molar-refractivity contribution in [2.45, 2.75) is 12.8 Å². The summed E-state index contributed by atoms with van der Waals surface area (Å²) in [5.41, 5.74) is 1.76. The fourth-order valence-electron chi connectivity index (χ4n) is 4.09. The van der Waals surface area contributed by atoms with Crippen molar-refractivity contribution >= 4 is 23.8 Å². The first-order valence-corrected chi connectivity index (χ1v) is 10.1. The minimum atomic E-state index is -0.115. The van der Waals surface area contributed by atoms with E-state index in [4.69, 9.17) is 4.42 Å². The van der Waals surface area contributed by atoms with Crippen molar-refractivity contribution in [1.29, 1.82) is 0 Å². The van der Waals surface area contributed by atoms with Gasteiger partial charge in [0.15, 0.2) is 5.76 Å². The van der Waals surface area contributed by atoms with E-state index < -0.39 is 0 Å². The van der Waals surface area contributed by atoms with E-state index in [0.717, 1.165) is 37.9 Å². The number of anilines is 1. The molecule has 4 rings (SSSR count). The van der Waals surface area contributed by atoms with Gasteiger partial charge in [0.1, 0.15) is 6.29 Å². The van der Waals surface area contributed by atoms with Crippen LogP contribution < -0.4 is 4.90 Å². The molecule has 7 heteroatoms. The molecule has 1 aromatic heterocycles. The van der Waals surface area contributed by atoms with Gasteiger partial charge in [-0.1, -0.05) is 0 Å². The zero-order valence-corrected chi connectivity index (χ0v) is 16.3. The monoisotopic (exact) mass is 395 g/mol. The highest BCUT2D eigenvalue weighted by Crippen LogP contribution is 2.25. The summed E-state index contributed by atoms with van der Waals surface area (Å²) in [6.07, 6.45) is 3.98. The van der Waals surface area contributed by atoms with E-state index in [1.165, 1.54) is 6.26 Å². The summed E-state index contributed by atoms with van der Waals surface area (Å²) < 4.78 is 5.18. The zero-order valence-electron chi connectivity index (χ0n) is 16.3. The number of piperidine rings is 1. The van der Waals surface area contributed by atoms with Gasteiger partial charge in [0.2, 0.25) is 5.91 Å². The number of carbonyl (C=O) groups excluding carboxylic acids is 3. The summed E-state index contributed by atoms with van der Waals surface area (Å²) in [4.78, 5) is 42.0. The molecule has 0 radical (unpaired) electrons.